The van der Waals surface area contributed by atoms with Gasteiger partial charge in [0.25, 0.3) is 5.91 Å². The highest BCUT2D eigenvalue weighted by atomic mass is 32.2. The van der Waals surface area contributed by atoms with Gasteiger partial charge in [-0.3, -0.25) is 4.79 Å². The monoisotopic (exact) mass is 585 g/mol. The Morgan fingerprint density at radius 3 is 2.10 bits per heavy atom. The minimum Gasteiger partial charge on any atom is -0.406 e. The molecule has 0 bridgehead atoms. The number of carbonyl (C=O) groups is 1. The number of rotatable bonds is 9. The third kappa shape index (κ3) is 6.95. The standard InChI is InChI=1S/C29H26F3N3O5S/c30-29(31,32)39-23-11-13-24(14-12-23)41(37,38)35-16-15-26-25(19-35)27(34-40-26)28(36)33-22(17-20-7-3-1-4-8-20)18-21-9-5-2-6-10-21/h1-14,22H,15-19H2,(H,33,36). The molecule has 0 saturated carbocycles. The topological polar surface area (TPSA) is 102 Å². The summed E-state index contributed by atoms with van der Waals surface area (Å²) in [6.07, 6.45) is -3.58. The van der Waals surface area contributed by atoms with Crippen molar-refractivity contribution < 1.29 is 35.6 Å². The van der Waals surface area contributed by atoms with E-state index in [-0.39, 0.29) is 36.1 Å². The summed E-state index contributed by atoms with van der Waals surface area (Å²) in [7, 11) is -4.09. The number of nitrogens with one attached hydrogen (secondary N) is 1. The number of alkyl halides is 3. The summed E-state index contributed by atoms with van der Waals surface area (Å²) in [5, 5.41) is 7.01. The van der Waals surface area contributed by atoms with Crippen LogP contribution in [0.3, 0.4) is 0 Å². The number of nitrogens with zero attached hydrogens (tertiary/aromatic N) is 2. The first-order chi connectivity index (χ1) is 19.6. The van der Waals surface area contributed by atoms with Crippen LogP contribution in [0, 0.1) is 0 Å². The van der Waals surface area contributed by atoms with E-state index in [0.717, 1.165) is 39.7 Å². The largest absolute Gasteiger partial charge is 0.573 e. The number of benzene rings is 3. The van der Waals surface area contributed by atoms with Crippen LogP contribution >= 0.6 is 0 Å². The Labute approximate surface area is 234 Å². The van der Waals surface area contributed by atoms with Crippen LogP contribution in [-0.4, -0.2) is 42.7 Å². The number of hydrogen-bond acceptors (Lipinski definition) is 6. The van der Waals surface area contributed by atoms with E-state index in [9.17, 15) is 26.4 Å². The zero-order valence-electron chi connectivity index (χ0n) is 21.7. The van der Waals surface area contributed by atoms with Crippen LogP contribution in [0.1, 0.15) is 32.9 Å². The molecule has 1 N–H and O–H groups in total. The molecule has 0 radical (unpaired) electrons. The van der Waals surface area contributed by atoms with E-state index < -0.39 is 28.0 Å². The zero-order chi connectivity index (χ0) is 29.0. The van der Waals surface area contributed by atoms with Gasteiger partial charge in [0.05, 0.1) is 4.90 Å². The first-order valence-electron chi connectivity index (χ1n) is 12.8. The van der Waals surface area contributed by atoms with E-state index in [0.29, 0.717) is 24.2 Å². The van der Waals surface area contributed by atoms with Gasteiger partial charge in [-0.15, -0.1) is 13.2 Å². The van der Waals surface area contributed by atoms with E-state index in [1.807, 2.05) is 60.7 Å². The van der Waals surface area contributed by atoms with E-state index in [2.05, 4.69) is 15.2 Å². The fraction of sp³-hybridized carbons (Fsp3) is 0.241. The third-order valence-corrected chi connectivity index (χ3v) is 8.55. The molecule has 41 heavy (non-hydrogen) atoms. The van der Waals surface area contributed by atoms with Crippen LogP contribution in [0.5, 0.6) is 5.75 Å². The smallest absolute Gasteiger partial charge is 0.406 e. The summed E-state index contributed by atoms with van der Waals surface area (Å²) in [4.78, 5) is 13.2. The van der Waals surface area contributed by atoms with Crippen molar-refractivity contribution in [3.05, 3.63) is 113 Å². The minimum atomic E-state index is -4.89. The van der Waals surface area contributed by atoms with Crippen molar-refractivity contribution >= 4 is 15.9 Å². The summed E-state index contributed by atoms with van der Waals surface area (Å²) >= 11 is 0. The van der Waals surface area contributed by atoms with Crippen molar-refractivity contribution in [1.29, 1.82) is 0 Å². The summed E-state index contributed by atoms with van der Waals surface area (Å²) in [6, 6.07) is 23.2. The molecule has 0 fully saturated rings. The number of hydrogen-bond donors (Lipinski definition) is 1. The fourth-order valence-electron chi connectivity index (χ4n) is 4.76. The first-order valence-corrected chi connectivity index (χ1v) is 14.2. The molecule has 1 aromatic heterocycles. The van der Waals surface area contributed by atoms with Crippen LogP contribution < -0.4 is 10.1 Å². The number of sulfonamides is 1. The molecule has 0 saturated heterocycles. The maximum absolute atomic E-state index is 13.4. The predicted molar refractivity (Wildman–Crippen MR) is 142 cm³/mol. The molecule has 3 aromatic carbocycles. The summed E-state index contributed by atoms with van der Waals surface area (Å²) in [6.45, 7) is -0.121. The van der Waals surface area contributed by atoms with Crippen molar-refractivity contribution in [2.24, 2.45) is 0 Å². The van der Waals surface area contributed by atoms with E-state index in [1.165, 1.54) is 0 Å². The summed E-state index contributed by atoms with van der Waals surface area (Å²) in [5.41, 5.74) is 2.44. The Kier molecular flexibility index (Phi) is 8.13. The van der Waals surface area contributed by atoms with E-state index >= 15 is 0 Å². The molecule has 1 aliphatic rings. The van der Waals surface area contributed by atoms with Gasteiger partial charge in [0, 0.05) is 31.1 Å². The van der Waals surface area contributed by atoms with Crippen molar-refractivity contribution in [2.45, 2.75) is 43.1 Å². The van der Waals surface area contributed by atoms with Crippen LogP contribution in [0.25, 0.3) is 0 Å². The maximum atomic E-state index is 13.4. The van der Waals surface area contributed by atoms with Gasteiger partial charge in [-0.25, -0.2) is 8.42 Å². The second-order valence-corrected chi connectivity index (χ2v) is 11.5. The number of carbonyl (C=O) groups excluding carboxylic acids is 1. The number of amides is 1. The van der Waals surface area contributed by atoms with Crippen LogP contribution in [0.2, 0.25) is 0 Å². The van der Waals surface area contributed by atoms with Gasteiger partial charge in [-0.1, -0.05) is 65.8 Å². The molecule has 0 unspecified atom stereocenters. The minimum absolute atomic E-state index is 0.0000477. The number of halogens is 3. The molecular formula is C29H26F3N3O5S. The highest BCUT2D eigenvalue weighted by Gasteiger charge is 2.35. The molecule has 2 heterocycles. The first kappa shape index (κ1) is 28.4. The average molecular weight is 586 g/mol. The second-order valence-electron chi connectivity index (χ2n) is 9.59. The molecule has 0 spiro atoms. The Morgan fingerprint density at radius 2 is 1.54 bits per heavy atom. The van der Waals surface area contributed by atoms with E-state index in [4.69, 9.17) is 4.52 Å². The van der Waals surface area contributed by atoms with Gasteiger partial charge >= 0.3 is 6.36 Å². The van der Waals surface area contributed by atoms with Crippen LogP contribution in [0.15, 0.2) is 94.3 Å². The zero-order valence-corrected chi connectivity index (χ0v) is 22.5. The normalized spacial score (nSPS) is 14.0. The Hall–Kier alpha value is -4.16. The molecule has 8 nitrogen and oxygen atoms in total. The van der Waals surface area contributed by atoms with Crippen LogP contribution in [-0.2, 0) is 35.8 Å². The van der Waals surface area contributed by atoms with Gasteiger partial charge in [-0.05, 0) is 48.2 Å². The number of fused-ring (bicyclic) bond motifs is 1. The van der Waals surface area contributed by atoms with E-state index in [1.54, 1.807) is 0 Å². The average Bonchev–Trinajstić information content (AvgIpc) is 3.37. The van der Waals surface area contributed by atoms with Crippen molar-refractivity contribution in [1.82, 2.24) is 14.8 Å². The fourth-order valence-corrected chi connectivity index (χ4v) is 6.16. The quantitative estimate of drug-likeness (QED) is 0.300. The van der Waals surface area contributed by atoms with Gasteiger partial charge in [0.15, 0.2) is 5.69 Å². The van der Waals surface area contributed by atoms with Gasteiger partial charge in [0.2, 0.25) is 10.0 Å². The molecule has 5 rings (SSSR count). The Balaban J connectivity index is 1.33. The van der Waals surface area contributed by atoms with Gasteiger partial charge in [0.1, 0.15) is 11.5 Å². The molecule has 12 heteroatoms. The van der Waals surface area contributed by atoms with Gasteiger partial charge < -0.3 is 14.6 Å². The predicted octanol–water partition coefficient (Wildman–Crippen LogP) is 4.90. The van der Waals surface area contributed by atoms with Crippen LogP contribution in [0.4, 0.5) is 13.2 Å². The summed E-state index contributed by atoms with van der Waals surface area (Å²) in [5.74, 6) is -0.603. The highest BCUT2D eigenvalue weighted by molar-refractivity contribution is 7.89. The maximum Gasteiger partial charge on any atom is 0.573 e. The highest BCUT2D eigenvalue weighted by Crippen LogP contribution is 2.29. The molecule has 0 atom stereocenters. The Bertz CT molecular complexity index is 1550. The second kappa shape index (κ2) is 11.8. The number of ether oxygens (including phenoxy) is 1. The summed E-state index contributed by atoms with van der Waals surface area (Å²) < 4.78 is 74.4. The molecule has 0 aliphatic carbocycles. The lowest BCUT2D eigenvalue weighted by atomic mass is 9.98. The lowest BCUT2D eigenvalue weighted by Gasteiger charge is -2.26. The number of aromatic nitrogens is 1. The SMILES string of the molecule is O=C(NC(Cc1ccccc1)Cc1ccccc1)c1noc2c1CN(S(=O)(=O)c1ccc(OC(F)(F)F)cc1)CC2. The van der Waals surface area contributed by atoms with Gasteiger partial charge in [-0.2, -0.15) is 4.31 Å². The lowest BCUT2D eigenvalue weighted by Crippen LogP contribution is -2.40. The van der Waals surface area contributed by atoms with Crippen molar-refractivity contribution in [3.8, 4) is 5.75 Å². The Morgan fingerprint density at radius 1 is 0.951 bits per heavy atom. The molecule has 1 amide bonds. The molecular weight excluding hydrogens is 559 g/mol. The third-order valence-electron chi connectivity index (χ3n) is 6.69. The van der Waals surface area contributed by atoms with Crippen molar-refractivity contribution in [2.75, 3.05) is 6.54 Å². The molecule has 1 aliphatic heterocycles. The lowest BCUT2D eigenvalue weighted by molar-refractivity contribution is -0.274. The van der Waals surface area contributed by atoms with Crippen molar-refractivity contribution in [3.63, 3.8) is 0 Å². The molecule has 214 valence electrons. The molecule has 4 aromatic rings.